The van der Waals surface area contributed by atoms with E-state index in [1.807, 2.05) is 0 Å². The van der Waals surface area contributed by atoms with Gasteiger partial charge in [-0.05, 0) is 31.5 Å². The van der Waals surface area contributed by atoms with E-state index in [9.17, 15) is 13.2 Å². The van der Waals surface area contributed by atoms with Gasteiger partial charge < -0.3 is 9.32 Å². The average molecular weight is 389 g/mol. The lowest BCUT2D eigenvalue weighted by Crippen LogP contribution is -2.41. The fourth-order valence-corrected chi connectivity index (χ4v) is 5.48. The van der Waals surface area contributed by atoms with E-state index >= 15 is 0 Å². The Morgan fingerprint density at radius 3 is 2.92 bits per heavy atom. The SMILES string of the molecule is CC(Sc1nc2cc(Cl)ccc2o1)C(=O)N(C)C1CCS(=O)(=O)C1. The highest BCUT2D eigenvalue weighted by Gasteiger charge is 2.34. The normalized spacial score (nSPS) is 21.0. The summed E-state index contributed by atoms with van der Waals surface area (Å²) < 4.78 is 28.8. The maximum absolute atomic E-state index is 12.5. The number of hydrogen-bond donors (Lipinski definition) is 0. The van der Waals surface area contributed by atoms with Gasteiger partial charge in [0.25, 0.3) is 5.22 Å². The van der Waals surface area contributed by atoms with E-state index in [-0.39, 0.29) is 23.5 Å². The Balaban J connectivity index is 1.68. The van der Waals surface area contributed by atoms with E-state index in [0.29, 0.717) is 27.8 Å². The van der Waals surface area contributed by atoms with Gasteiger partial charge in [0.15, 0.2) is 15.4 Å². The largest absolute Gasteiger partial charge is 0.431 e. The monoisotopic (exact) mass is 388 g/mol. The second-order valence-corrected chi connectivity index (χ2v) is 9.82. The molecule has 2 heterocycles. The van der Waals surface area contributed by atoms with Crippen molar-refractivity contribution in [3.8, 4) is 0 Å². The van der Waals surface area contributed by atoms with Crippen molar-refractivity contribution in [3.05, 3.63) is 23.2 Å². The Bertz CT molecular complexity index is 881. The first kappa shape index (κ1) is 17.6. The second-order valence-electron chi connectivity index (χ2n) is 5.86. The molecule has 9 heteroatoms. The molecular formula is C15H17ClN2O4S2. The number of aromatic nitrogens is 1. The molecule has 0 N–H and O–H groups in total. The number of amides is 1. The molecule has 0 bridgehead atoms. The molecule has 1 amide bonds. The van der Waals surface area contributed by atoms with Gasteiger partial charge in [-0.25, -0.2) is 13.4 Å². The van der Waals surface area contributed by atoms with Crippen molar-refractivity contribution in [1.29, 1.82) is 0 Å². The lowest BCUT2D eigenvalue weighted by atomic mass is 10.2. The fourth-order valence-electron chi connectivity index (χ4n) is 2.68. The van der Waals surface area contributed by atoms with Crippen LogP contribution in [0.5, 0.6) is 0 Å². The number of nitrogens with zero attached hydrogens (tertiary/aromatic N) is 2. The maximum Gasteiger partial charge on any atom is 0.257 e. The zero-order valence-corrected chi connectivity index (χ0v) is 15.6. The predicted octanol–water partition coefficient (Wildman–Crippen LogP) is 2.61. The highest BCUT2D eigenvalue weighted by atomic mass is 35.5. The lowest BCUT2D eigenvalue weighted by molar-refractivity contribution is -0.130. The number of sulfone groups is 1. The van der Waals surface area contributed by atoms with Crippen molar-refractivity contribution >= 4 is 50.2 Å². The summed E-state index contributed by atoms with van der Waals surface area (Å²) in [5.74, 6) is 0.0406. The van der Waals surface area contributed by atoms with Crippen LogP contribution in [-0.2, 0) is 14.6 Å². The molecule has 1 aromatic heterocycles. The van der Waals surface area contributed by atoms with Crippen LogP contribution in [0.4, 0.5) is 0 Å². The first-order chi connectivity index (χ1) is 11.2. The number of carbonyl (C=O) groups is 1. The molecule has 1 aliphatic heterocycles. The van der Waals surface area contributed by atoms with Crippen LogP contribution in [0.2, 0.25) is 5.02 Å². The van der Waals surface area contributed by atoms with Crippen molar-refractivity contribution in [1.82, 2.24) is 9.88 Å². The Hall–Kier alpha value is -1.25. The van der Waals surface area contributed by atoms with Gasteiger partial charge >= 0.3 is 0 Å². The molecule has 6 nitrogen and oxygen atoms in total. The fraction of sp³-hybridized carbons (Fsp3) is 0.467. The molecule has 24 heavy (non-hydrogen) atoms. The van der Waals surface area contributed by atoms with Crippen LogP contribution < -0.4 is 0 Å². The Kier molecular flexibility index (Phi) is 4.81. The van der Waals surface area contributed by atoms with Gasteiger partial charge in [-0.3, -0.25) is 4.79 Å². The van der Waals surface area contributed by atoms with Crippen molar-refractivity contribution in [3.63, 3.8) is 0 Å². The smallest absolute Gasteiger partial charge is 0.257 e. The van der Waals surface area contributed by atoms with Crippen molar-refractivity contribution in [2.24, 2.45) is 0 Å². The number of rotatable bonds is 4. The third-order valence-corrected chi connectivity index (χ3v) is 6.98. The third-order valence-electron chi connectivity index (χ3n) is 4.06. The zero-order chi connectivity index (χ0) is 17.5. The molecule has 1 saturated heterocycles. The summed E-state index contributed by atoms with van der Waals surface area (Å²) >= 11 is 7.13. The predicted molar refractivity (Wildman–Crippen MR) is 94.2 cm³/mol. The second kappa shape index (κ2) is 6.57. The van der Waals surface area contributed by atoms with E-state index < -0.39 is 15.1 Å². The molecule has 3 rings (SSSR count). The number of thioether (sulfide) groups is 1. The number of benzene rings is 1. The summed E-state index contributed by atoms with van der Waals surface area (Å²) in [5.41, 5.74) is 1.25. The van der Waals surface area contributed by atoms with Crippen molar-refractivity contribution in [2.45, 2.75) is 29.9 Å². The van der Waals surface area contributed by atoms with Gasteiger partial charge in [-0.2, -0.15) is 0 Å². The molecule has 0 saturated carbocycles. The molecule has 1 fully saturated rings. The minimum Gasteiger partial charge on any atom is -0.431 e. The first-order valence-electron chi connectivity index (χ1n) is 7.45. The van der Waals surface area contributed by atoms with Crippen LogP contribution >= 0.6 is 23.4 Å². The summed E-state index contributed by atoms with van der Waals surface area (Å²) in [4.78, 5) is 18.4. The minimum atomic E-state index is -3.02. The van der Waals surface area contributed by atoms with Crippen molar-refractivity contribution < 1.29 is 17.6 Å². The number of fused-ring (bicyclic) bond motifs is 1. The highest BCUT2D eigenvalue weighted by molar-refractivity contribution is 8.00. The Morgan fingerprint density at radius 1 is 1.50 bits per heavy atom. The quantitative estimate of drug-likeness (QED) is 0.749. The summed E-state index contributed by atoms with van der Waals surface area (Å²) in [7, 11) is -1.37. The summed E-state index contributed by atoms with van der Waals surface area (Å²) in [6.45, 7) is 1.76. The van der Waals surface area contributed by atoms with Gasteiger partial charge in [0.05, 0.1) is 16.8 Å². The van der Waals surface area contributed by atoms with E-state index in [2.05, 4.69) is 4.98 Å². The number of halogens is 1. The minimum absolute atomic E-state index is 0.0357. The zero-order valence-electron chi connectivity index (χ0n) is 13.2. The molecule has 2 unspecified atom stereocenters. The van der Waals surface area contributed by atoms with Crippen LogP contribution in [0.25, 0.3) is 11.1 Å². The van der Waals surface area contributed by atoms with Gasteiger partial charge in [0, 0.05) is 18.1 Å². The molecule has 0 aliphatic carbocycles. The molecule has 1 aliphatic rings. The highest BCUT2D eigenvalue weighted by Crippen LogP contribution is 2.29. The number of carbonyl (C=O) groups excluding carboxylic acids is 1. The van der Waals surface area contributed by atoms with E-state index in [4.69, 9.17) is 16.0 Å². The van der Waals surface area contributed by atoms with E-state index in [1.54, 1.807) is 32.2 Å². The molecule has 2 aromatic rings. The summed E-state index contributed by atoms with van der Waals surface area (Å²) in [5, 5.41) is 0.529. The summed E-state index contributed by atoms with van der Waals surface area (Å²) in [6, 6.07) is 4.89. The van der Waals surface area contributed by atoms with E-state index in [0.717, 1.165) is 0 Å². The Labute approximate surface area is 149 Å². The van der Waals surface area contributed by atoms with Gasteiger partial charge in [0.2, 0.25) is 5.91 Å². The van der Waals surface area contributed by atoms with Gasteiger partial charge in [-0.15, -0.1) is 0 Å². The van der Waals surface area contributed by atoms with Crippen LogP contribution in [0.3, 0.4) is 0 Å². The molecule has 1 aromatic carbocycles. The van der Waals surface area contributed by atoms with Crippen LogP contribution in [0.1, 0.15) is 13.3 Å². The molecule has 2 atom stereocenters. The average Bonchev–Trinajstić information content (AvgIpc) is 3.07. The van der Waals surface area contributed by atoms with Gasteiger partial charge in [0.1, 0.15) is 5.52 Å². The topological polar surface area (TPSA) is 80.5 Å². The Morgan fingerprint density at radius 2 is 2.25 bits per heavy atom. The molecule has 0 spiro atoms. The van der Waals surface area contributed by atoms with Gasteiger partial charge in [-0.1, -0.05) is 23.4 Å². The first-order valence-corrected chi connectivity index (χ1v) is 10.5. The number of hydrogen-bond acceptors (Lipinski definition) is 6. The standard InChI is InChI=1S/C15H17ClN2O4S2/c1-9(14(19)18(2)11-5-6-24(20,21)8-11)23-15-17-12-7-10(16)3-4-13(12)22-15/h3-4,7,9,11H,5-6,8H2,1-2H3. The maximum atomic E-state index is 12.5. The van der Waals surface area contributed by atoms with Crippen LogP contribution in [-0.4, -0.2) is 54.1 Å². The molecule has 130 valence electrons. The van der Waals surface area contributed by atoms with Crippen LogP contribution in [0, 0.1) is 0 Å². The lowest BCUT2D eigenvalue weighted by Gasteiger charge is -2.25. The van der Waals surface area contributed by atoms with Crippen LogP contribution in [0.15, 0.2) is 27.8 Å². The number of oxazole rings is 1. The molecular weight excluding hydrogens is 372 g/mol. The third kappa shape index (κ3) is 3.70. The van der Waals surface area contributed by atoms with E-state index in [1.165, 1.54) is 16.7 Å². The molecule has 0 radical (unpaired) electrons. The van der Waals surface area contributed by atoms with Crippen molar-refractivity contribution in [2.75, 3.05) is 18.6 Å². The summed E-state index contributed by atoms with van der Waals surface area (Å²) in [6.07, 6.45) is 0.489.